The van der Waals surface area contributed by atoms with Crippen LogP contribution in [0.2, 0.25) is 0 Å². The molecule has 0 amide bonds. The van der Waals surface area contributed by atoms with E-state index in [0.717, 1.165) is 10.8 Å². The van der Waals surface area contributed by atoms with Gasteiger partial charge in [0.15, 0.2) is 0 Å². The average Bonchev–Trinajstić information content (AvgIpc) is 2.46. The Labute approximate surface area is 117 Å². The van der Waals surface area contributed by atoms with Gasteiger partial charge in [-0.25, -0.2) is 0 Å². The Morgan fingerprint density at radius 3 is 2.70 bits per heavy atom. The van der Waals surface area contributed by atoms with Gasteiger partial charge in [0, 0.05) is 5.56 Å². The number of rotatable bonds is 5. The van der Waals surface area contributed by atoms with Gasteiger partial charge in [-0.2, -0.15) is 0 Å². The fourth-order valence-corrected chi connectivity index (χ4v) is 2.28. The Balaban J connectivity index is 2.42. The molecule has 0 aromatic heterocycles. The Morgan fingerprint density at radius 1 is 1.25 bits per heavy atom. The lowest BCUT2D eigenvalue weighted by Gasteiger charge is -2.17. The Hall–Kier alpha value is -2.07. The summed E-state index contributed by atoms with van der Waals surface area (Å²) in [6.45, 7) is 2.04. The maximum Gasteiger partial charge on any atom is 0.308 e. The zero-order valence-corrected chi connectivity index (χ0v) is 11.6. The number of carbonyl (C=O) groups is 1. The quantitative estimate of drug-likeness (QED) is 0.852. The van der Waals surface area contributed by atoms with E-state index >= 15 is 0 Å². The number of aliphatic hydroxyl groups is 1. The summed E-state index contributed by atoms with van der Waals surface area (Å²) in [5, 5.41) is 12.2. The van der Waals surface area contributed by atoms with Gasteiger partial charge >= 0.3 is 5.97 Å². The molecule has 1 unspecified atom stereocenters. The van der Waals surface area contributed by atoms with E-state index in [-0.39, 0.29) is 6.42 Å². The molecule has 0 aliphatic heterocycles. The second-order valence-corrected chi connectivity index (χ2v) is 4.43. The maximum absolute atomic E-state index is 11.5. The van der Waals surface area contributed by atoms with Gasteiger partial charge < -0.3 is 14.6 Å². The zero-order chi connectivity index (χ0) is 14.5. The van der Waals surface area contributed by atoms with Crippen molar-refractivity contribution in [3.05, 3.63) is 42.0 Å². The van der Waals surface area contributed by atoms with Gasteiger partial charge in [0.05, 0.1) is 26.2 Å². The van der Waals surface area contributed by atoms with Gasteiger partial charge in [0.25, 0.3) is 0 Å². The van der Waals surface area contributed by atoms with Crippen LogP contribution >= 0.6 is 0 Å². The molecule has 0 saturated carbocycles. The molecule has 1 atom stereocenters. The summed E-state index contributed by atoms with van der Waals surface area (Å²) in [4.78, 5) is 11.5. The monoisotopic (exact) mass is 274 g/mol. The summed E-state index contributed by atoms with van der Waals surface area (Å²) < 4.78 is 10.2. The minimum absolute atomic E-state index is 0.0851. The minimum Gasteiger partial charge on any atom is -0.496 e. The van der Waals surface area contributed by atoms with E-state index in [0.29, 0.717) is 17.9 Å². The Kier molecular flexibility index (Phi) is 4.58. The van der Waals surface area contributed by atoms with Crippen LogP contribution in [-0.4, -0.2) is 24.8 Å². The zero-order valence-electron chi connectivity index (χ0n) is 11.6. The first-order valence-corrected chi connectivity index (χ1v) is 6.56. The molecule has 2 rings (SSSR count). The van der Waals surface area contributed by atoms with E-state index in [4.69, 9.17) is 9.47 Å². The van der Waals surface area contributed by atoms with Gasteiger partial charge in [-0.1, -0.05) is 30.3 Å². The van der Waals surface area contributed by atoms with Crippen LogP contribution in [0.1, 0.15) is 25.0 Å². The average molecular weight is 274 g/mol. The molecular weight excluding hydrogens is 256 g/mol. The molecule has 0 aliphatic carbocycles. The summed E-state index contributed by atoms with van der Waals surface area (Å²) in [7, 11) is 1.55. The Morgan fingerprint density at radius 2 is 2.00 bits per heavy atom. The van der Waals surface area contributed by atoms with Crippen LogP contribution in [-0.2, 0) is 9.53 Å². The third-order valence-corrected chi connectivity index (χ3v) is 3.15. The number of carbonyl (C=O) groups excluding carboxylic acids is 1. The normalized spacial score (nSPS) is 12.2. The fraction of sp³-hybridized carbons (Fsp3) is 0.312. The molecule has 1 N–H and O–H groups in total. The first-order chi connectivity index (χ1) is 9.67. The molecular formula is C16H18O4. The molecule has 0 spiro atoms. The molecule has 0 fully saturated rings. The van der Waals surface area contributed by atoms with Gasteiger partial charge in [-0.15, -0.1) is 0 Å². The molecule has 4 heteroatoms. The highest BCUT2D eigenvalue weighted by atomic mass is 16.5. The van der Waals surface area contributed by atoms with Crippen LogP contribution in [0.25, 0.3) is 10.8 Å². The van der Waals surface area contributed by atoms with Crippen LogP contribution in [0, 0.1) is 0 Å². The lowest BCUT2D eigenvalue weighted by Crippen LogP contribution is -2.11. The van der Waals surface area contributed by atoms with Crippen molar-refractivity contribution in [2.24, 2.45) is 0 Å². The molecule has 0 aliphatic rings. The van der Waals surface area contributed by atoms with Crippen LogP contribution < -0.4 is 4.74 Å². The summed E-state index contributed by atoms with van der Waals surface area (Å²) in [5.74, 6) is 0.149. The largest absolute Gasteiger partial charge is 0.496 e. The van der Waals surface area contributed by atoms with Crippen LogP contribution in [0.3, 0.4) is 0 Å². The van der Waals surface area contributed by atoms with Gasteiger partial charge in [-0.05, 0) is 23.8 Å². The lowest BCUT2D eigenvalue weighted by molar-refractivity contribution is -0.145. The number of hydrogen-bond donors (Lipinski definition) is 1. The second-order valence-electron chi connectivity index (χ2n) is 4.43. The predicted octanol–water partition coefficient (Wildman–Crippen LogP) is 2.84. The smallest absolute Gasteiger partial charge is 0.308 e. The third-order valence-electron chi connectivity index (χ3n) is 3.15. The number of fused-ring (bicyclic) bond motifs is 1. The van der Waals surface area contributed by atoms with Crippen LogP contribution in [0.4, 0.5) is 0 Å². The van der Waals surface area contributed by atoms with Gasteiger partial charge in [-0.3, -0.25) is 4.79 Å². The summed E-state index contributed by atoms with van der Waals surface area (Å²) >= 11 is 0. The van der Waals surface area contributed by atoms with Crippen molar-refractivity contribution >= 4 is 16.7 Å². The Bertz CT molecular complexity index is 606. The van der Waals surface area contributed by atoms with Crippen LogP contribution in [0.15, 0.2) is 36.4 Å². The molecule has 106 valence electrons. The molecule has 0 bridgehead atoms. The van der Waals surface area contributed by atoms with Crippen molar-refractivity contribution in [1.29, 1.82) is 0 Å². The van der Waals surface area contributed by atoms with Gasteiger partial charge in [0.1, 0.15) is 5.75 Å². The highest BCUT2D eigenvalue weighted by Crippen LogP contribution is 2.34. The lowest BCUT2D eigenvalue weighted by atomic mass is 9.97. The third kappa shape index (κ3) is 2.91. The molecule has 4 nitrogen and oxygen atoms in total. The minimum atomic E-state index is -0.949. The maximum atomic E-state index is 11.5. The highest BCUT2D eigenvalue weighted by molar-refractivity contribution is 5.88. The second kappa shape index (κ2) is 6.39. The molecule has 20 heavy (non-hydrogen) atoms. The van der Waals surface area contributed by atoms with E-state index in [1.54, 1.807) is 20.1 Å². The highest BCUT2D eigenvalue weighted by Gasteiger charge is 2.20. The van der Waals surface area contributed by atoms with Crippen molar-refractivity contribution in [2.45, 2.75) is 19.4 Å². The standard InChI is InChI=1S/C16H18O4/c1-3-20-15(18)10-13(17)16-12-7-5-4-6-11(12)8-9-14(16)19-2/h4-9,13,17H,3,10H2,1-2H3. The van der Waals surface area contributed by atoms with Crippen molar-refractivity contribution in [2.75, 3.05) is 13.7 Å². The molecule has 2 aromatic rings. The molecule has 0 heterocycles. The van der Waals surface area contributed by atoms with Crippen molar-refractivity contribution < 1.29 is 19.4 Å². The SMILES string of the molecule is CCOC(=O)CC(O)c1c(OC)ccc2ccccc12. The first kappa shape index (κ1) is 14.3. The van der Waals surface area contributed by atoms with E-state index in [2.05, 4.69) is 0 Å². The number of benzene rings is 2. The predicted molar refractivity (Wildman–Crippen MR) is 76.7 cm³/mol. The summed E-state index contributed by atoms with van der Waals surface area (Å²) in [6.07, 6.45) is -1.03. The topological polar surface area (TPSA) is 55.8 Å². The van der Waals surface area contributed by atoms with E-state index in [1.165, 1.54) is 0 Å². The van der Waals surface area contributed by atoms with E-state index in [1.807, 2.05) is 30.3 Å². The van der Waals surface area contributed by atoms with Crippen molar-refractivity contribution in [3.63, 3.8) is 0 Å². The molecule has 0 saturated heterocycles. The number of ether oxygens (including phenoxy) is 2. The summed E-state index contributed by atoms with van der Waals surface area (Å²) in [6, 6.07) is 11.4. The number of aliphatic hydroxyl groups excluding tert-OH is 1. The van der Waals surface area contributed by atoms with Crippen LogP contribution in [0.5, 0.6) is 5.75 Å². The molecule has 0 radical (unpaired) electrons. The van der Waals surface area contributed by atoms with E-state index in [9.17, 15) is 9.90 Å². The summed E-state index contributed by atoms with van der Waals surface area (Å²) in [5.41, 5.74) is 0.624. The molecule has 2 aromatic carbocycles. The number of hydrogen-bond acceptors (Lipinski definition) is 4. The van der Waals surface area contributed by atoms with Crippen molar-refractivity contribution in [1.82, 2.24) is 0 Å². The van der Waals surface area contributed by atoms with E-state index < -0.39 is 12.1 Å². The number of methoxy groups -OCH3 is 1. The van der Waals surface area contributed by atoms with Crippen molar-refractivity contribution in [3.8, 4) is 5.75 Å². The fourth-order valence-electron chi connectivity index (χ4n) is 2.28. The first-order valence-electron chi connectivity index (χ1n) is 6.56. The number of esters is 1. The van der Waals surface area contributed by atoms with Gasteiger partial charge in [0.2, 0.25) is 0 Å².